The van der Waals surface area contributed by atoms with E-state index in [0.29, 0.717) is 36.1 Å². The van der Waals surface area contributed by atoms with Gasteiger partial charge in [0, 0.05) is 19.6 Å². The second-order valence-electron chi connectivity index (χ2n) is 5.38. The number of carbonyl (C=O) groups excluding carboxylic acids is 2. The molecule has 1 saturated heterocycles. The lowest BCUT2D eigenvalue weighted by molar-refractivity contribution is -0.126. The molecule has 0 aliphatic carbocycles. The van der Waals surface area contributed by atoms with Gasteiger partial charge in [-0.15, -0.1) is 0 Å². The van der Waals surface area contributed by atoms with Crippen molar-refractivity contribution in [1.29, 1.82) is 0 Å². The number of nitrogens with one attached hydrogen (secondary N) is 1. The maximum absolute atomic E-state index is 12.2. The molecule has 3 N–H and O–H groups in total. The van der Waals surface area contributed by atoms with Crippen molar-refractivity contribution in [3.63, 3.8) is 0 Å². The number of hydrogen-bond donors (Lipinski definition) is 2. The predicted octanol–water partition coefficient (Wildman–Crippen LogP) is 2.44. The monoisotopic (exact) mass is 343 g/mol. The summed E-state index contributed by atoms with van der Waals surface area (Å²) < 4.78 is 0. The Kier molecular flexibility index (Phi) is 5.91. The van der Waals surface area contributed by atoms with Crippen LogP contribution in [0.2, 0.25) is 10.0 Å². The summed E-state index contributed by atoms with van der Waals surface area (Å²) >= 11 is 12.1. The number of rotatable bonds is 4. The maximum atomic E-state index is 12.2. The number of piperidine rings is 1. The van der Waals surface area contributed by atoms with E-state index in [4.69, 9.17) is 28.9 Å². The molecular weight excluding hydrogens is 325 g/mol. The fourth-order valence-corrected chi connectivity index (χ4v) is 3.01. The van der Waals surface area contributed by atoms with Crippen LogP contribution in [0.3, 0.4) is 0 Å². The van der Waals surface area contributed by atoms with Gasteiger partial charge in [-0.1, -0.05) is 35.3 Å². The van der Waals surface area contributed by atoms with E-state index in [9.17, 15) is 9.59 Å². The molecule has 0 bridgehead atoms. The van der Waals surface area contributed by atoms with Crippen LogP contribution in [0, 0.1) is 5.92 Å². The zero-order valence-corrected chi connectivity index (χ0v) is 13.7. The summed E-state index contributed by atoms with van der Waals surface area (Å²) in [7, 11) is 0. The largest absolute Gasteiger partial charge is 0.355 e. The molecule has 120 valence electrons. The second-order valence-corrected chi connectivity index (χ2v) is 6.16. The van der Waals surface area contributed by atoms with Gasteiger partial charge in [-0.25, -0.2) is 4.79 Å². The first-order valence-corrected chi connectivity index (χ1v) is 7.99. The van der Waals surface area contributed by atoms with E-state index < -0.39 is 6.03 Å². The molecule has 2 rings (SSSR count). The standard InChI is InChI=1S/C15H19Cl2N3O2/c16-12-5-1-3-10(13(12)17)6-7-19-14(21)11-4-2-8-20(9-11)15(18)22/h1,3,5,11H,2,4,6-9H2,(H2,18,22)(H,19,21)/t11-/m0/s1. The number of carbonyl (C=O) groups is 2. The van der Waals surface area contributed by atoms with Crippen LogP contribution in [-0.4, -0.2) is 36.5 Å². The maximum Gasteiger partial charge on any atom is 0.314 e. The fraction of sp³-hybridized carbons (Fsp3) is 0.467. The van der Waals surface area contributed by atoms with Crippen LogP contribution in [0.4, 0.5) is 4.79 Å². The molecule has 0 saturated carbocycles. The number of hydrogen-bond acceptors (Lipinski definition) is 2. The Morgan fingerprint density at radius 3 is 2.86 bits per heavy atom. The van der Waals surface area contributed by atoms with Crippen LogP contribution in [0.1, 0.15) is 18.4 Å². The van der Waals surface area contributed by atoms with Gasteiger partial charge in [-0.3, -0.25) is 4.79 Å². The number of amides is 3. The van der Waals surface area contributed by atoms with Crippen molar-refractivity contribution in [3.05, 3.63) is 33.8 Å². The minimum Gasteiger partial charge on any atom is -0.355 e. The number of nitrogens with two attached hydrogens (primary N) is 1. The van der Waals surface area contributed by atoms with Gasteiger partial charge in [0.2, 0.25) is 5.91 Å². The molecule has 1 fully saturated rings. The summed E-state index contributed by atoms with van der Waals surface area (Å²) in [5.74, 6) is -0.250. The van der Waals surface area contributed by atoms with Gasteiger partial charge < -0.3 is 16.0 Å². The number of halogens is 2. The fourth-order valence-electron chi connectivity index (χ4n) is 2.60. The lowest BCUT2D eigenvalue weighted by atomic mass is 9.97. The van der Waals surface area contributed by atoms with Crippen LogP contribution < -0.4 is 11.1 Å². The minimum absolute atomic E-state index is 0.0518. The van der Waals surface area contributed by atoms with E-state index in [1.54, 1.807) is 6.07 Å². The van der Waals surface area contributed by atoms with Crippen molar-refractivity contribution in [3.8, 4) is 0 Å². The average molecular weight is 344 g/mol. The molecule has 1 aromatic rings. The number of likely N-dealkylation sites (tertiary alicyclic amines) is 1. The highest BCUT2D eigenvalue weighted by Gasteiger charge is 2.27. The molecule has 1 atom stereocenters. The summed E-state index contributed by atoms with van der Waals surface area (Å²) in [4.78, 5) is 24.9. The number of nitrogens with zero attached hydrogens (tertiary/aromatic N) is 1. The summed E-state index contributed by atoms with van der Waals surface area (Å²) in [6.07, 6.45) is 2.17. The molecule has 1 aliphatic rings. The molecule has 5 nitrogen and oxygen atoms in total. The lowest BCUT2D eigenvalue weighted by Gasteiger charge is -2.30. The second kappa shape index (κ2) is 7.70. The lowest BCUT2D eigenvalue weighted by Crippen LogP contribution is -2.47. The third-order valence-corrected chi connectivity index (χ3v) is 4.69. The summed E-state index contributed by atoms with van der Waals surface area (Å²) in [6.45, 7) is 1.49. The van der Waals surface area contributed by atoms with Crippen molar-refractivity contribution in [2.45, 2.75) is 19.3 Å². The predicted molar refractivity (Wildman–Crippen MR) is 87.1 cm³/mol. The van der Waals surface area contributed by atoms with Gasteiger partial charge >= 0.3 is 6.03 Å². The smallest absolute Gasteiger partial charge is 0.314 e. The molecule has 7 heteroatoms. The van der Waals surface area contributed by atoms with E-state index in [1.165, 1.54) is 4.90 Å². The Hall–Kier alpha value is -1.46. The first-order valence-electron chi connectivity index (χ1n) is 7.24. The Morgan fingerprint density at radius 2 is 2.14 bits per heavy atom. The molecular formula is C15H19Cl2N3O2. The van der Waals surface area contributed by atoms with Crippen LogP contribution in [0.25, 0.3) is 0 Å². The van der Waals surface area contributed by atoms with Gasteiger partial charge in [-0.2, -0.15) is 0 Å². The van der Waals surface area contributed by atoms with E-state index in [2.05, 4.69) is 5.32 Å². The molecule has 3 amide bonds. The highest BCUT2D eigenvalue weighted by molar-refractivity contribution is 6.42. The van der Waals surface area contributed by atoms with Gasteiger partial charge in [0.15, 0.2) is 0 Å². The topological polar surface area (TPSA) is 75.4 Å². The third kappa shape index (κ3) is 4.27. The first kappa shape index (κ1) is 16.9. The summed E-state index contributed by atoms with van der Waals surface area (Å²) in [5.41, 5.74) is 6.16. The molecule has 1 aromatic carbocycles. The van der Waals surface area contributed by atoms with Gasteiger partial charge in [0.25, 0.3) is 0 Å². The summed E-state index contributed by atoms with van der Waals surface area (Å²) in [6, 6.07) is 4.97. The quantitative estimate of drug-likeness (QED) is 0.880. The zero-order valence-electron chi connectivity index (χ0n) is 12.1. The molecule has 0 unspecified atom stereocenters. The highest BCUT2D eigenvalue weighted by atomic mass is 35.5. The Balaban J connectivity index is 1.82. The van der Waals surface area contributed by atoms with Gasteiger partial charge in [0.05, 0.1) is 16.0 Å². The van der Waals surface area contributed by atoms with Gasteiger partial charge in [-0.05, 0) is 30.9 Å². The van der Waals surface area contributed by atoms with E-state index in [-0.39, 0.29) is 11.8 Å². The van der Waals surface area contributed by atoms with Crippen LogP contribution >= 0.6 is 23.2 Å². The number of primary amides is 1. The number of benzene rings is 1. The van der Waals surface area contributed by atoms with Gasteiger partial charge in [0.1, 0.15) is 0 Å². The van der Waals surface area contributed by atoms with Crippen molar-refractivity contribution >= 4 is 35.1 Å². The SMILES string of the molecule is NC(=O)N1CCC[C@H](C(=O)NCCc2cccc(Cl)c2Cl)C1. The van der Waals surface area contributed by atoms with E-state index in [0.717, 1.165) is 18.4 Å². The van der Waals surface area contributed by atoms with Crippen molar-refractivity contribution < 1.29 is 9.59 Å². The highest BCUT2D eigenvalue weighted by Crippen LogP contribution is 2.25. The van der Waals surface area contributed by atoms with Crippen molar-refractivity contribution in [2.24, 2.45) is 11.7 Å². The first-order chi connectivity index (χ1) is 10.5. The number of urea groups is 1. The molecule has 0 aromatic heterocycles. The van der Waals surface area contributed by atoms with Crippen LogP contribution in [0.15, 0.2) is 18.2 Å². The Morgan fingerprint density at radius 1 is 1.36 bits per heavy atom. The molecule has 0 spiro atoms. The van der Waals surface area contributed by atoms with Crippen molar-refractivity contribution in [1.82, 2.24) is 10.2 Å². The van der Waals surface area contributed by atoms with Crippen molar-refractivity contribution in [2.75, 3.05) is 19.6 Å². The van der Waals surface area contributed by atoms with E-state index in [1.807, 2.05) is 12.1 Å². The third-order valence-electron chi connectivity index (χ3n) is 3.83. The van der Waals surface area contributed by atoms with Crippen LogP contribution in [-0.2, 0) is 11.2 Å². The minimum atomic E-state index is -0.469. The average Bonchev–Trinajstić information content (AvgIpc) is 2.51. The Bertz CT molecular complexity index is 566. The molecule has 0 radical (unpaired) electrons. The molecule has 22 heavy (non-hydrogen) atoms. The van der Waals surface area contributed by atoms with Crippen LogP contribution in [0.5, 0.6) is 0 Å². The van der Waals surface area contributed by atoms with E-state index >= 15 is 0 Å². The Labute approximate surface area is 139 Å². The normalized spacial score (nSPS) is 18.1. The summed E-state index contributed by atoms with van der Waals surface area (Å²) in [5, 5.41) is 3.92. The zero-order chi connectivity index (χ0) is 16.1. The molecule has 1 aliphatic heterocycles. The molecule has 1 heterocycles.